The van der Waals surface area contributed by atoms with Gasteiger partial charge in [0.2, 0.25) is 5.88 Å². The molecule has 1 saturated heterocycles. The van der Waals surface area contributed by atoms with Crippen LogP contribution in [0.4, 0.5) is 8.78 Å². The van der Waals surface area contributed by atoms with Gasteiger partial charge in [-0.05, 0) is 43.2 Å². The molecule has 2 atom stereocenters. The molecule has 1 aliphatic heterocycles. The molecule has 1 fully saturated rings. The first-order valence-corrected chi connectivity index (χ1v) is 10.6. The third-order valence-electron chi connectivity index (χ3n) is 5.58. The molecule has 0 bridgehead atoms. The van der Waals surface area contributed by atoms with Gasteiger partial charge in [0.15, 0.2) is 11.6 Å². The number of benzene rings is 1. The number of rotatable bonds is 5. The van der Waals surface area contributed by atoms with Crippen LogP contribution in [-0.4, -0.2) is 45.7 Å². The summed E-state index contributed by atoms with van der Waals surface area (Å²) in [6.07, 6.45) is 3.56. The molecule has 1 aliphatic rings. The van der Waals surface area contributed by atoms with Crippen LogP contribution in [0.1, 0.15) is 34.0 Å². The van der Waals surface area contributed by atoms with Gasteiger partial charge in [0.1, 0.15) is 0 Å². The predicted molar refractivity (Wildman–Crippen MR) is 115 cm³/mol. The van der Waals surface area contributed by atoms with Crippen LogP contribution in [0.3, 0.4) is 0 Å². The van der Waals surface area contributed by atoms with Gasteiger partial charge in [-0.15, -0.1) is 0 Å². The monoisotopic (exact) mass is 458 g/mol. The Morgan fingerprint density at radius 2 is 2.03 bits per heavy atom. The fourth-order valence-corrected chi connectivity index (χ4v) is 4.03. The number of likely N-dealkylation sites (tertiary alicyclic amines) is 1. The van der Waals surface area contributed by atoms with Gasteiger partial charge in [0.25, 0.3) is 5.91 Å². The van der Waals surface area contributed by atoms with Gasteiger partial charge < -0.3 is 9.64 Å². The third-order valence-corrected chi connectivity index (χ3v) is 5.81. The first-order valence-electron chi connectivity index (χ1n) is 10.2. The second kappa shape index (κ2) is 9.56. The van der Waals surface area contributed by atoms with E-state index in [0.717, 1.165) is 6.07 Å². The van der Waals surface area contributed by atoms with Crippen molar-refractivity contribution < 1.29 is 18.3 Å². The summed E-state index contributed by atoms with van der Waals surface area (Å²) < 4.78 is 33.4. The number of ether oxygens (including phenoxy) is 1. The second-order valence-electron chi connectivity index (χ2n) is 7.79. The Morgan fingerprint density at radius 1 is 1.19 bits per heavy atom. The van der Waals surface area contributed by atoms with Crippen molar-refractivity contribution >= 4 is 17.5 Å². The van der Waals surface area contributed by atoms with Crippen LogP contribution in [0.2, 0.25) is 5.02 Å². The molecule has 6 nitrogen and oxygen atoms in total. The molecule has 166 valence electrons. The average Bonchev–Trinajstić information content (AvgIpc) is 2.80. The summed E-state index contributed by atoms with van der Waals surface area (Å²) >= 11 is 5.87. The minimum Gasteiger partial charge on any atom is -0.477 e. The third kappa shape index (κ3) is 5.02. The molecule has 3 heterocycles. The molecular weight excluding hydrogens is 438 g/mol. The van der Waals surface area contributed by atoms with Crippen LogP contribution in [0.25, 0.3) is 0 Å². The molecule has 4 rings (SSSR count). The number of nitrogens with zero attached hydrogens (tertiary/aromatic N) is 4. The summed E-state index contributed by atoms with van der Waals surface area (Å²) in [5.74, 6) is -1.85. The number of aromatic nitrogens is 3. The van der Waals surface area contributed by atoms with Crippen molar-refractivity contribution in [2.24, 2.45) is 5.92 Å². The van der Waals surface area contributed by atoms with E-state index in [9.17, 15) is 13.6 Å². The van der Waals surface area contributed by atoms with Crippen molar-refractivity contribution in [1.82, 2.24) is 20.1 Å². The van der Waals surface area contributed by atoms with E-state index >= 15 is 0 Å². The molecule has 9 heteroatoms. The number of amides is 1. The van der Waals surface area contributed by atoms with Crippen molar-refractivity contribution in [3.8, 4) is 5.88 Å². The Balaban J connectivity index is 1.55. The molecular formula is C23H21ClF2N4O2. The van der Waals surface area contributed by atoms with Crippen molar-refractivity contribution in [3.63, 3.8) is 0 Å². The highest BCUT2D eigenvalue weighted by atomic mass is 35.5. The highest BCUT2D eigenvalue weighted by molar-refractivity contribution is 6.30. The Kier molecular flexibility index (Phi) is 6.60. The zero-order chi connectivity index (χ0) is 22.7. The average molecular weight is 459 g/mol. The quantitative estimate of drug-likeness (QED) is 0.565. The van der Waals surface area contributed by atoms with Crippen molar-refractivity contribution in [3.05, 3.63) is 82.3 Å². The molecule has 3 aromatic rings. The molecule has 2 unspecified atom stereocenters. The van der Waals surface area contributed by atoms with Crippen molar-refractivity contribution in [1.29, 1.82) is 0 Å². The first-order chi connectivity index (χ1) is 15.4. The maximum atomic E-state index is 14.0. The number of pyridine rings is 1. The number of piperidine rings is 1. The normalized spacial score (nSPS) is 18.4. The number of halogens is 3. The Bertz CT molecular complexity index is 1110. The summed E-state index contributed by atoms with van der Waals surface area (Å²) in [6, 6.07) is 8.90. The number of hydrogen-bond donors (Lipinski definition) is 0. The zero-order valence-electron chi connectivity index (χ0n) is 17.3. The van der Waals surface area contributed by atoms with E-state index in [1.807, 2.05) is 0 Å². The highest BCUT2D eigenvalue weighted by Gasteiger charge is 2.34. The summed E-state index contributed by atoms with van der Waals surface area (Å²) in [6.45, 7) is 2.92. The van der Waals surface area contributed by atoms with Gasteiger partial charge in [-0.25, -0.2) is 13.8 Å². The zero-order valence-corrected chi connectivity index (χ0v) is 18.1. The first kappa shape index (κ1) is 22.1. The van der Waals surface area contributed by atoms with Gasteiger partial charge in [-0.3, -0.25) is 4.79 Å². The van der Waals surface area contributed by atoms with E-state index < -0.39 is 11.6 Å². The largest absolute Gasteiger partial charge is 0.477 e. The molecule has 0 spiro atoms. The molecule has 1 amide bonds. The number of hydrogen-bond acceptors (Lipinski definition) is 5. The fraction of sp³-hybridized carbons (Fsp3) is 0.304. The lowest BCUT2D eigenvalue weighted by Gasteiger charge is -2.38. The van der Waals surface area contributed by atoms with Crippen molar-refractivity contribution in [2.45, 2.75) is 19.3 Å². The second-order valence-corrected chi connectivity index (χ2v) is 8.23. The van der Waals surface area contributed by atoms with E-state index in [1.165, 1.54) is 18.5 Å². The van der Waals surface area contributed by atoms with Gasteiger partial charge in [0.05, 0.1) is 29.1 Å². The lowest BCUT2D eigenvalue weighted by atomic mass is 9.81. The maximum Gasteiger partial charge on any atom is 0.255 e. The smallest absolute Gasteiger partial charge is 0.255 e. The van der Waals surface area contributed by atoms with Gasteiger partial charge >= 0.3 is 0 Å². The van der Waals surface area contributed by atoms with Gasteiger partial charge in [-0.2, -0.15) is 10.2 Å². The van der Waals surface area contributed by atoms with Crippen LogP contribution in [0, 0.1) is 24.5 Å². The number of carbonyl (C=O) groups excluding carboxylic acids is 1. The summed E-state index contributed by atoms with van der Waals surface area (Å²) in [5.41, 5.74) is 1.71. The SMILES string of the molecule is Cc1cc(C(=O)N2CCC(COc3ccc(Cl)cn3)C(c3ccc(F)c(F)c3)C2)cnn1. The Hall–Kier alpha value is -3.13. The number of aryl methyl sites for hydroxylation is 1. The van der Waals surface area contributed by atoms with Crippen LogP contribution in [-0.2, 0) is 0 Å². The van der Waals surface area contributed by atoms with Crippen LogP contribution < -0.4 is 4.74 Å². The standard InChI is InChI=1S/C23H21ClF2N4O2/c1-14-8-17(10-28-29-14)23(31)30-7-6-16(13-32-22-5-3-18(24)11-27-22)19(12-30)15-2-4-20(25)21(26)9-15/h2-5,8-11,16,19H,6-7,12-13H2,1H3. The molecule has 0 N–H and O–H groups in total. The van der Waals surface area contributed by atoms with Crippen LogP contribution in [0.15, 0.2) is 48.8 Å². The van der Waals surface area contributed by atoms with Crippen molar-refractivity contribution in [2.75, 3.05) is 19.7 Å². The van der Waals surface area contributed by atoms with E-state index in [4.69, 9.17) is 16.3 Å². The molecule has 0 radical (unpaired) electrons. The Morgan fingerprint density at radius 3 is 2.75 bits per heavy atom. The highest BCUT2D eigenvalue weighted by Crippen LogP contribution is 2.34. The van der Waals surface area contributed by atoms with Gasteiger partial charge in [0, 0.05) is 37.2 Å². The number of carbonyl (C=O) groups is 1. The summed E-state index contributed by atoms with van der Waals surface area (Å²) in [4.78, 5) is 18.9. The molecule has 0 saturated carbocycles. The van der Waals surface area contributed by atoms with E-state index in [0.29, 0.717) is 53.8 Å². The lowest BCUT2D eigenvalue weighted by Crippen LogP contribution is -2.44. The Labute approximate surface area is 189 Å². The van der Waals surface area contributed by atoms with E-state index in [-0.39, 0.29) is 17.7 Å². The lowest BCUT2D eigenvalue weighted by molar-refractivity contribution is 0.0614. The minimum absolute atomic E-state index is 0.0290. The topological polar surface area (TPSA) is 68.2 Å². The molecule has 2 aromatic heterocycles. The molecule has 32 heavy (non-hydrogen) atoms. The fourth-order valence-electron chi connectivity index (χ4n) is 3.92. The molecule has 1 aromatic carbocycles. The van der Waals surface area contributed by atoms with Gasteiger partial charge in [-0.1, -0.05) is 17.7 Å². The van der Waals surface area contributed by atoms with Crippen LogP contribution in [0.5, 0.6) is 5.88 Å². The predicted octanol–water partition coefficient (Wildman–Crippen LogP) is 4.44. The van der Waals surface area contributed by atoms with Crippen LogP contribution >= 0.6 is 11.6 Å². The maximum absolute atomic E-state index is 14.0. The summed E-state index contributed by atoms with van der Waals surface area (Å²) in [5, 5.41) is 8.25. The minimum atomic E-state index is -0.918. The molecule has 0 aliphatic carbocycles. The summed E-state index contributed by atoms with van der Waals surface area (Å²) in [7, 11) is 0. The van der Waals surface area contributed by atoms with E-state index in [2.05, 4.69) is 15.2 Å². The van der Waals surface area contributed by atoms with E-state index in [1.54, 1.807) is 36.1 Å².